The van der Waals surface area contributed by atoms with Crippen molar-refractivity contribution in [2.24, 2.45) is 0 Å². The van der Waals surface area contributed by atoms with Gasteiger partial charge in [0.15, 0.2) is 0 Å². The second kappa shape index (κ2) is 11.2. The first-order valence-corrected chi connectivity index (χ1v) is 9.79. The third kappa shape index (κ3) is 7.21. The zero-order valence-electron chi connectivity index (χ0n) is 16.4. The van der Waals surface area contributed by atoms with Gasteiger partial charge in [0.2, 0.25) is 5.91 Å². The van der Waals surface area contributed by atoms with Gasteiger partial charge in [0.1, 0.15) is 12.6 Å². The third-order valence-electron chi connectivity index (χ3n) is 4.68. The van der Waals surface area contributed by atoms with Gasteiger partial charge in [-0.15, -0.1) is 0 Å². The van der Waals surface area contributed by atoms with Crippen molar-refractivity contribution in [3.8, 4) is 0 Å². The number of morpholine rings is 1. The van der Waals surface area contributed by atoms with Crippen LogP contribution in [0.4, 0.5) is 4.79 Å². The fourth-order valence-corrected chi connectivity index (χ4v) is 3.05. The highest BCUT2D eigenvalue weighted by Crippen LogP contribution is 2.04. The van der Waals surface area contributed by atoms with Gasteiger partial charge in [-0.3, -0.25) is 9.69 Å². The van der Waals surface area contributed by atoms with Crippen molar-refractivity contribution < 1.29 is 19.1 Å². The molecule has 1 fully saturated rings. The zero-order chi connectivity index (χ0) is 20.3. The Labute approximate surface area is 171 Å². The molecule has 0 spiro atoms. The molecular weight excluding hydrogens is 370 g/mol. The molecular formula is C22H27N3O4. The van der Waals surface area contributed by atoms with Crippen LogP contribution in [0, 0.1) is 0 Å². The minimum Gasteiger partial charge on any atom is -0.445 e. The summed E-state index contributed by atoms with van der Waals surface area (Å²) >= 11 is 0. The first kappa shape index (κ1) is 20.8. The van der Waals surface area contributed by atoms with Crippen LogP contribution in [0.1, 0.15) is 11.1 Å². The maximum atomic E-state index is 12.8. The average Bonchev–Trinajstić information content (AvgIpc) is 2.78. The number of nitrogens with zero attached hydrogens (tertiary/aromatic N) is 1. The van der Waals surface area contributed by atoms with Crippen molar-refractivity contribution in [3.05, 3.63) is 71.8 Å². The summed E-state index contributed by atoms with van der Waals surface area (Å²) in [6.07, 6.45) is -0.609. The van der Waals surface area contributed by atoms with Gasteiger partial charge in [-0.25, -0.2) is 4.79 Å². The number of hydrogen-bond donors (Lipinski definition) is 2. The molecule has 3 rings (SSSR count). The molecule has 0 bridgehead atoms. The lowest BCUT2D eigenvalue weighted by molar-refractivity contribution is -0.124. The van der Waals surface area contributed by atoms with Gasteiger partial charge in [0, 0.05) is 26.2 Å². The van der Waals surface area contributed by atoms with E-state index in [1.165, 1.54) is 0 Å². The topological polar surface area (TPSA) is 79.9 Å². The molecule has 29 heavy (non-hydrogen) atoms. The van der Waals surface area contributed by atoms with E-state index in [1.807, 2.05) is 60.7 Å². The van der Waals surface area contributed by atoms with Crippen LogP contribution in [0.3, 0.4) is 0 Å². The van der Waals surface area contributed by atoms with E-state index in [9.17, 15) is 9.59 Å². The Morgan fingerprint density at radius 2 is 1.59 bits per heavy atom. The molecule has 1 aliphatic heterocycles. The van der Waals surface area contributed by atoms with Crippen molar-refractivity contribution in [1.29, 1.82) is 0 Å². The summed E-state index contributed by atoms with van der Waals surface area (Å²) in [4.78, 5) is 27.2. The van der Waals surface area contributed by atoms with E-state index in [0.717, 1.165) is 24.2 Å². The Balaban J connectivity index is 1.55. The van der Waals surface area contributed by atoms with Gasteiger partial charge in [-0.05, 0) is 11.1 Å². The number of carbonyl (C=O) groups is 2. The summed E-state index contributed by atoms with van der Waals surface area (Å²) in [6, 6.07) is 18.4. The van der Waals surface area contributed by atoms with E-state index in [-0.39, 0.29) is 12.5 Å². The lowest BCUT2D eigenvalue weighted by atomic mass is 10.2. The normalized spacial score (nSPS) is 15.3. The molecule has 2 aromatic carbocycles. The molecule has 154 valence electrons. The standard InChI is InChI=1S/C22H27N3O4/c26-21(23-15-18-7-3-1-4-8-18)20(16-25-11-13-28-14-12-25)24-22(27)29-17-19-9-5-2-6-10-19/h1-10,20H,11-17H2,(H,23,26)(H,24,27). The molecule has 1 atom stereocenters. The molecule has 1 heterocycles. The van der Waals surface area contributed by atoms with Crippen LogP contribution >= 0.6 is 0 Å². The highest BCUT2D eigenvalue weighted by molar-refractivity contribution is 5.85. The molecule has 0 aromatic heterocycles. The first-order chi connectivity index (χ1) is 14.2. The largest absolute Gasteiger partial charge is 0.445 e. The number of amides is 2. The maximum absolute atomic E-state index is 12.8. The first-order valence-electron chi connectivity index (χ1n) is 9.79. The summed E-state index contributed by atoms with van der Waals surface area (Å²) < 4.78 is 10.6. The Hall–Kier alpha value is -2.90. The van der Waals surface area contributed by atoms with Crippen LogP contribution in [0.5, 0.6) is 0 Å². The van der Waals surface area contributed by atoms with Crippen LogP contribution in [-0.4, -0.2) is 55.8 Å². The second-order valence-corrected chi connectivity index (χ2v) is 6.88. The van der Waals surface area contributed by atoms with Gasteiger partial charge in [-0.1, -0.05) is 60.7 Å². The summed E-state index contributed by atoms with van der Waals surface area (Å²) in [7, 11) is 0. The fraction of sp³-hybridized carbons (Fsp3) is 0.364. The van der Waals surface area contributed by atoms with Gasteiger partial charge in [0.25, 0.3) is 0 Å². The Morgan fingerprint density at radius 1 is 0.966 bits per heavy atom. The molecule has 2 aromatic rings. The number of nitrogens with one attached hydrogen (secondary N) is 2. The lowest BCUT2D eigenvalue weighted by Gasteiger charge is -2.30. The molecule has 7 heteroatoms. The molecule has 1 unspecified atom stereocenters. The van der Waals surface area contributed by atoms with Crippen LogP contribution in [-0.2, 0) is 27.4 Å². The quantitative estimate of drug-likeness (QED) is 0.712. The molecule has 7 nitrogen and oxygen atoms in total. The van der Waals surface area contributed by atoms with Crippen LogP contribution < -0.4 is 10.6 Å². The van der Waals surface area contributed by atoms with Crippen LogP contribution in [0.15, 0.2) is 60.7 Å². The molecule has 2 amide bonds. The zero-order valence-corrected chi connectivity index (χ0v) is 16.4. The summed E-state index contributed by atoms with van der Waals surface area (Å²) in [5, 5.41) is 5.62. The van der Waals surface area contributed by atoms with E-state index >= 15 is 0 Å². The molecule has 2 N–H and O–H groups in total. The van der Waals surface area contributed by atoms with E-state index in [4.69, 9.17) is 9.47 Å². The number of rotatable bonds is 8. The smallest absolute Gasteiger partial charge is 0.408 e. The minimum atomic E-state index is -0.708. The fourth-order valence-electron chi connectivity index (χ4n) is 3.05. The molecule has 1 saturated heterocycles. The van der Waals surface area contributed by atoms with Crippen molar-refractivity contribution in [2.45, 2.75) is 19.2 Å². The van der Waals surface area contributed by atoms with Gasteiger partial charge in [0.05, 0.1) is 13.2 Å². The SMILES string of the molecule is O=C(NC(CN1CCOCC1)C(=O)NCc1ccccc1)OCc1ccccc1. The summed E-state index contributed by atoms with van der Waals surface area (Å²) in [5.74, 6) is -0.239. The summed E-state index contributed by atoms with van der Waals surface area (Å²) in [6.45, 7) is 3.66. The number of carbonyl (C=O) groups excluding carboxylic acids is 2. The van der Waals surface area contributed by atoms with Crippen molar-refractivity contribution in [3.63, 3.8) is 0 Å². The number of alkyl carbamates (subject to hydrolysis) is 1. The van der Waals surface area contributed by atoms with Gasteiger partial charge < -0.3 is 20.1 Å². The Morgan fingerprint density at radius 3 is 2.24 bits per heavy atom. The van der Waals surface area contributed by atoms with Crippen molar-refractivity contribution >= 4 is 12.0 Å². The number of benzene rings is 2. The monoisotopic (exact) mass is 397 g/mol. The molecule has 0 saturated carbocycles. The average molecular weight is 397 g/mol. The highest BCUT2D eigenvalue weighted by atomic mass is 16.5. The van der Waals surface area contributed by atoms with E-state index in [0.29, 0.717) is 26.3 Å². The predicted molar refractivity (Wildman–Crippen MR) is 109 cm³/mol. The number of ether oxygens (including phenoxy) is 2. The second-order valence-electron chi connectivity index (χ2n) is 6.88. The van der Waals surface area contributed by atoms with Gasteiger partial charge in [-0.2, -0.15) is 0 Å². The molecule has 0 aliphatic carbocycles. The maximum Gasteiger partial charge on any atom is 0.408 e. The Kier molecular flexibility index (Phi) is 8.03. The number of hydrogen-bond acceptors (Lipinski definition) is 5. The lowest BCUT2D eigenvalue weighted by Crippen LogP contribution is -2.54. The molecule has 0 radical (unpaired) electrons. The Bertz CT molecular complexity index is 764. The van der Waals surface area contributed by atoms with Crippen LogP contribution in [0.2, 0.25) is 0 Å². The van der Waals surface area contributed by atoms with Crippen LogP contribution in [0.25, 0.3) is 0 Å². The predicted octanol–water partition coefficient (Wildman–Crippen LogP) is 1.93. The molecule has 1 aliphatic rings. The van der Waals surface area contributed by atoms with E-state index < -0.39 is 12.1 Å². The van der Waals surface area contributed by atoms with Crippen molar-refractivity contribution in [1.82, 2.24) is 15.5 Å². The highest BCUT2D eigenvalue weighted by Gasteiger charge is 2.25. The third-order valence-corrected chi connectivity index (χ3v) is 4.68. The van der Waals surface area contributed by atoms with Gasteiger partial charge >= 0.3 is 6.09 Å². The van der Waals surface area contributed by atoms with Crippen molar-refractivity contribution in [2.75, 3.05) is 32.8 Å². The van der Waals surface area contributed by atoms with E-state index in [2.05, 4.69) is 15.5 Å². The van der Waals surface area contributed by atoms with E-state index in [1.54, 1.807) is 0 Å². The minimum absolute atomic E-state index is 0.155. The summed E-state index contributed by atoms with van der Waals surface area (Å²) in [5.41, 5.74) is 1.89.